The number of hydrogen-bond donors (Lipinski definition) is 0. The van der Waals surface area contributed by atoms with Gasteiger partial charge in [-0.3, -0.25) is 0 Å². The fourth-order valence-corrected chi connectivity index (χ4v) is 4.17. The molecule has 30 heavy (non-hydrogen) atoms. The van der Waals surface area contributed by atoms with E-state index in [1.807, 2.05) is 13.8 Å². The Morgan fingerprint density at radius 3 is 1.10 bits per heavy atom. The maximum Gasteiger partial charge on any atom is 0.245 e. The summed E-state index contributed by atoms with van der Waals surface area (Å²) in [6.07, 6.45) is 0. The second-order valence-electron chi connectivity index (χ2n) is 6.66. The molecule has 0 heterocycles. The van der Waals surface area contributed by atoms with Crippen LogP contribution in [0, 0.1) is 36.2 Å². The Balaban J connectivity index is 1.78. The number of sulfone groups is 2. The SMILES string of the molecule is Cc1ccc(S(=O)(=O)C#Cc2ccc(C#CS(=O)(=O)c3ccc(C)cc3)cc2)cc1. The van der Waals surface area contributed by atoms with E-state index in [-0.39, 0.29) is 9.79 Å². The third-order valence-corrected chi connectivity index (χ3v) is 6.73. The van der Waals surface area contributed by atoms with Crippen molar-refractivity contribution in [2.45, 2.75) is 23.6 Å². The van der Waals surface area contributed by atoms with Gasteiger partial charge in [-0.05, 0) is 74.2 Å². The highest BCUT2D eigenvalue weighted by Crippen LogP contribution is 2.13. The zero-order chi connectivity index (χ0) is 21.8. The summed E-state index contributed by atoms with van der Waals surface area (Å²) >= 11 is 0. The highest BCUT2D eigenvalue weighted by atomic mass is 32.2. The van der Waals surface area contributed by atoms with Crippen molar-refractivity contribution in [3.05, 3.63) is 95.1 Å². The van der Waals surface area contributed by atoms with Crippen LogP contribution in [0.25, 0.3) is 0 Å². The highest BCUT2D eigenvalue weighted by molar-refractivity contribution is 7.96. The van der Waals surface area contributed by atoms with Gasteiger partial charge in [0.05, 0.1) is 9.79 Å². The molecule has 0 aliphatic carbocycles. The maximum atomic E-state index is 12.3. The van der Waals surface area contributed by atoms with E-state index in [4.69, 9.17) is 0 Å². The first kappa shape index (κ1) is 21.4. The summed E-state index contributed by atoms with van der Waals surface area (Å²) in [5.41, 5.74) is 2.89. The van der Waals surface area contributed by atoms with Crippen molar-refractivity contribution in [1.29, 1.82) is 0 Å². The molecule has 4 nitrogen and oxygen atoms in total. The Morgan fingerprint density at radius 1 is 0.500 bits per heavy atom. The first-order chi connectivity index (χ1) is 14.2. The predicted octanol–water partition coefficient (Wildman–Crippen LogP) is 3.87. The largest absolute Gasteiger partial charge is 0.245 e. The molecule has 0 aliphatic heterocycles. The van der Waals surface area contributed by atoms with Gasteiger partial charge in [0.2, 0.25) is 19.7 Å². The maximum absolute atomic E-state index is 12.3. The van der Waals surface area contributed by atoms with Gasteiger partial charge in [0, 0.05) is 21.6 Å². The van der Waals surface area contributed by atoms with Crippen LogP contribution < -0.4 is 0 Å². The van der Waals surface area contributed by atoms with Crippen molar-refractivity contribution in [3.8, 4) is 22.3 Å². The van der Waals surface area contributed by atoms with Gasteiger partial charge < -0.3 is 0 Å². The van der Waals surface area contributed by atoms with Crippen LogP contribution in [0.4, 0.5) is 0 Å². The van der Waals surface area contributed by atoms with Crippen LogP contribution >= 0.6 is 0 Å². The van der Waals surface area contributed by atoms with Crippen LogP contribution in [0.15, 0.2) is 82.6 Å². The first-order valence-electron chi connectivity index (χ1n) is 8.95. The van der Waals surface area contributed by atoms with E-state index in [0.717, 1.165) is 11.1 Å². The minimum atomic E-state index is -3.72. The molecule has 0 bridgehead atoms. The minimum absolute atomic E-state index is 0.143. The van der Waals surface area contributed by atoms with Crippen molar-refractivity contribution >= 4 is 19.7 Å². The smallest absolute Gasteiger partial charge is 0.210 e. The molecule has 0 spiro atoms. The van der Waals surface area contributed by atoms with Crippen LogP contribution in [-0.2, 0) is 19.7 Å². The lowest BCUT2D eigenvalue weighted by atomic mass is 10.1. The lowest BCUT2D eigenvalue weighted by Gasteiger charge is -1.98. The molecule has 3 aromatic carbocycles. The number of aryl methyl sites for hydroxylation is 2. The molecular formula is C24H18O4S2. The van der Waals surface area contributed by atoms with E-state index in [2.05, 4.69) is 22.3 Å². The molecule has 0 amide bonds. The average molecular weight is 435 g/mol. The van der Waals surface area contributed by atoms with E-state index in [1.54, 1.807) is 48.5 Å². The van der Waals surface area contributed by atoms with E-state index >= 15 is 0 Å². The number of hydrogen-bond acceptors (Lipinski definition) is 4. The van der Waals surface area contributed by atoms with Gasteiger partial charge in [-0.25, -0.2) is 16.8 Å². The molecule has 0 radical (unpaired) electrons. The Hall–Kier alpha value is -3.32. The Labute approximate surface area is 177 Å². The van der Waals surface area contributed by atoms with Crippen molar-refractivity contribution in [2.24, 2.45) is 0 Å². The standard InChI is InChI=1S/C24H18O4S2/c1-19-3-11-23(12-4-19)29(25,26)17-15-21-7-9-22(10-8-21)16-18-30(27,28)24-13-5-20(2)6-14-24/h3-14H,1-2H3. The van der Waals surface area contributed by atoms with Crippen LogP contribution in [0.3, 0.4) is 0 Å². The molecular weight excluding hydrogens is 416 g/mol. The Morgan fingerprint density at radius 2 is 0.800 bits per heavy atom. The monoisotopic (exact) mass is 434 g/mol. The zero-order valence-corrected chi connectivity index (χ0v) is 18.0. The van der Waals surface area contributed by atoms with Gasteiger partial charge in [0.15, 0.2) is 0 Å². The van der Waals surface area contributed by atoms with Crippen LogP contribution in [-0.4, -0.2) is 16.8 Å². The quantitative estimate of drug-likeness (QED) is 0.574. The molecule has 0 aromatic heterocycles. The van der Waals surface area contributed by atoms with Crippen molar-refractivity contribution in [3.63, 3.8) is 0 Å². The van der Waals surface area contributed by atoms with Crippen molar-refractivity contribution in [2.75, 3.05) is 0 Å². The minimum Gasteiger partial charge on any atom is -0.210 e. The zero-order valence-electron chi connectivity index (χ0n) is 16.4. The van der Waals surface area contributed by atoms with Crippen LogP contribution in [0.1, 0.15) is 22.3 Å². The van der Waals surface area contributed by atoms with Crippen molar-refractivity contribution in [1.82, 2.24) is 0 Å². The molecule has 0 atom stereocenters. The first-order valence-corrected chi connectivity index (χ1v) is 11.9. The molecule has 0 N–H and O–H groups in total. The van der Waals surface area contributed by atoms with Crippen LogP contribution in [0.5, 0.6) is 0 Å². The summed E-state index contributed by atoms with van der Waals surface area (Å²) in [6, 6.07) is 19.3. The molecule has 0 fully saturated rings. The third kappa shape index (κ3) is 5.39. The fraction of sp³-hybridized carbons (Fsp3) is 0.0833. The Kier molecular flexibility index (Phi) is 6.12. The van der Waals surface area contributed by atoms with Crippen LogP contribution in [0.2, 0.25) is 0 Å². The van der Waals surface area contributed by atoms with E-state index in [0.29, 0.717) is 11.1 Å². The Bertz CT molecular complexity index is 1280. The third-order valence-electron chi connectivity index (χ3n) is 4.21. The summed E-state index contributed by atoms with van der Waals surface area (Å²) in [5, 5.41) is 4.61. The predicted molar refractivity (Wildman–Crippen MR) is 117 cm³/mol. The normalized spacial score (nSPS) is 11.0. The lowest BCUT2D eigenvalue weighted by Crippen LogP contribution is -1.97. The number of benzene rings is 3. The summed E-state index contributed by atoms with van der Waals surface area (Å²) in [7, 11) is -7.43. The van der Waals surface area contributed by atoms with Gasteiger partial charge in [-0.15, -0.1) is 0 Å². The van der Waals surface area contributed by atoms with Gasteiger partial charge >= 0.3 is 0 Å². The second kappa shape index (κ2) is 8.59. The number of rotatable bonds is 2. The second-order valence-corrected chi connectivity index (χ2v) is 10.0. The van der Waals surface area contributed by atoms with Gasteiger partial charge in [0.25, 0.3) is 0 Å². The molecule has 0 saturated carbocycles. The summed E-state index contributed by atoms with van der Waals surface area (Å²) < 4.78 is 49.2. The molecule has 3 aromatic rings. The van der Waals surface area contributed by atoms with Gasteiger partial charge in [0.1, 0.15) is 0 Å². The molecule has 0 aliphatic rings. The van der Waals surface area contributed by atoms with E-state index in [1.165, 1.54) is 24.3 Å². The molecule has 6 heteroatoms. The van der Waals surface area contributed by atoms with Gasteiger partial charge in [-0.2, -0.15) is 0 Å². The average Bonchev–Trinajstić information content (AvgIpc) is 2.72. The fourth-order valence-electron chi connectivity index (χ4n) is 2.44. The van der Waals surface area contributed by atoms with E-state index in [9.17, 15) is 16.8 Å². The molecule has 0 saturated heterocycles. The molecule has 3 rings (SSSR count). The van der Waals surface area contributed by atoms with Gasteiger partial charge in [-0.1, -0.05) is 35.4 Å². The lowest BCUT2D eigenvalue weighted by molar-refractivity contribution is 0.604. The highest BCUT2D eigenvalue weighted by Gasteiger charge is 2.10. The van der Waals surface area contributed by atoms with Crippen molar-refractivity contribution < 1.29 is 16.8 Å². The summed E-state index contributed by atoms with van der Waals surface area (Å²) in [6.45, 7) is 3.75. The summed E-state index contributed by atoms with van der Waals surface area (Å²) in [5.74, 6) is 5.25. The summed E-state index contributed by atoms with van der Waals surface area (Å²) in [4.78, 5) is 0.286. The topological polar surface area (TPSA) is 68.3 Å². The molecule has 150 valence electrons. The molecule has 0 unspecified atom stereocenters. The van der Waals surface area contributed by atoms with E-state index < -0.39 is 19.7 Å².